The molecule has 26 nitrogen and oxygen atoms in total. The maximum absolute atomic E-state index is 16.6. The van der Waals surface area contributed by atoms with Gasteiger partial charge < -0.3 is 50.0 Å². The molecule has 18 rings (SSSR count). The number of carbonyl (C=O) groups is 4. The van der Waals surface area contributed by atoms with E-state index in [1.165, 1.54) is 37.3 Å². The Bertz CT molecular complexity index is 5910. The van der Waals surface area contributed by atoms with Gasteiger partial charge in [0.05, 0.1) is 75.2 Å². The normalized spacial score (nSPS) is 17.0. The first-order valence-corrected chi connectivity index (χ1v) is 40.1. The third-order valence-corrected chi connectivity index (χ3v) is 23.1. The lowest BCUT2D eigenvalue weighted by Gasteiger charge is -2.37. The lowest BCUT2D eigenvalue weighted by molar-refractivity contribution is 0.00164. The number of hydrogen-bond acceptors (Lipinski definition) is 16. The number of nitrogens with one attached hydrogen (secondary N) is 4. The summed E-state index contributed by atoms with van der Waals surface area (Å²) in [5, 5.41) is 25.3. The summed E-state index contributed by atoms with van der Waals surface area (Å²) in [7, 11) is 6.56. The second kappa shape index (κ2) is 33.1. The van der Waals surface area contributed by atoms with Crippen LogP contribution in [0, 0.1) is 38.2 Å². The molecule has 120 heavy (non-hydrogen) atoms. The fourth-order valence-electron chi connectivity index (χ4n) is 15.7. The molecule has 0 atom stereocenters. The van der Waals surface area contributed by atoms with E-state index in [0.717, 1.165) is 49.7 Å². The van der Waals surface area contributed by atoms with Gasteiger partial charge in [-0.05, 0) is 196 Å². The van der Waals surface area contributed by atoms with E-state index >= 15 is 13.2 Å². The number of alkyl halides is 3. The first-order valence-electron chi connectivity index (χ1n) is 40.1. The number of aryl methyl sites for hydroxylation is 3. The van der Waals surface area contributed by atoms with E-state index in [0.29, 0.717) is 159 Å². The van der Waals surface area contributed by atoms with Gasteiger partial charge in [0.15, 0.2) is 17.5 Å². The van der Waals surface area contributed by atoms with Crippen molar-refractivity contribution in [2.45, 2.75) is 159 Å². The van der Waals surface area contributed by atoms with Crippen LogP contribution >= 0.6 is 12.4 Å². The Labute approximate surface area is 694 Å². The van der Waals surface area contributed by atoms with Gasteiger partial charge >= 0.3 is 6.09 Å². The number of ether oxygens (including phenoxy) is 4. The van der Waals surface area contributed by atoms with E-state index in [-0.39, 0.29) is 73.2 Å². The minimum atomic E-state index is -1.75. The summed E-state index contributed by atoms with van der Waals surface area (Å²) >= 11 is 0. The third-order valence-electron chi connectivity index (χ3n) is 23.1. The molecular formula is C87H95ClF6N18O8. The zero-order valence-corrected chi connectivity index (χ0v) is 69.1. The molecule has 630 valence electrons. The average Bonchev–Trinajstić information content (AvgIpc) is 1.52. The summed E-state index contributed by atoms with van der Waals surface area (Å²) in [5.41, 5.74) is 3.95. The maximum Gasteiger partial charge on any atom is 0.410 e. The Morgan fingerprint density at radius 3 is 1.06 bits per heavy atom. The molecule has 0 spiro atoms. The van der Waals surface area contributed by atoms with Gasteiger partial charge in [-0.2, -0.15) is 15.3 Å². The molecule has 0 bridgehead atoms. The maximum atomic E-state index is 16.6. The molecule has 0 radical (unpaired) electrons. The van der Waals surface area contributed by atoms with E-state index in [1.807, 2.05) is 7.05 Å². The summed E-state index contributed by atoms with van der Waals surface area (Å²) in [5.74, 6) is 0.187. The van der Waals surface area contributed by atoms with E-state index in [4.69, 9.17) is 18.9 Å². The number of likely N-dealkylation sites (tertiary alicyclic amines) is 2. The molecule has 0 unspecified atom stereocenters. The van der Waals surface area contributed by atoms with Crippen molar-refractivity contribution in [1.29, 1.82) is 0 Å². The third kappa shape index (κ3) is 17.1. The van der Waals surface area contributed by atoms with Gasteiger partial charge in [-0.3, -0.25) is 27.6 Å². The standard InChI is InChI=1S/C32H36F2N6O4.C28H30F2N6O2.C27H28F2N6O2.ClH/c1-19-12-25(33)23(29(41)37-21-6-7-21)13-22(19)20-15-36-40(17-20)28-16-35-27-14-26(43-5)24(18-39(27)28)32(34)8-10-38(11-9-32)30(42)44-31(2,3)4;1-17-10-23(29)21(27(37)33-19-4-5-19)11-20(17)18-13-32-36(15-18)26-14-31-25-12-24(38-3)22(16-35(25)26)28(30)6-8-34(2)9-7-28;1-16-9-22(28)20(26(36)33-18-3-4-18)10-19(16)17-12-32-35(14-17)25-13-31-24-11-23(37-2)21(15-34(24)25)27(29)5-7-30-8-6-27;/h12-18,21H,6-11H2,1-5H3,(H,37,41);10-16,19H,4-9H2,1-3H3,(H,33,37);9-15,18,30H,3-8H2,1-2H3,(H,33,36);1H. The zero-order chi connectivity index (χ0) is 83.7. The first kappa shape index (κ1) is 83.3. The second-order valence-electron chi connectivity index (χ2n) is 32.9. The highest BCUT2D eigenvalue weighted by atomic mass is 35.5. The van der Waals surface area contributed by atoms with Crippen LogP contribution in [-0.2, 0) is 21.7 Å². The molecule has 4 amide bonds. The van der Waals surface area contributed by atoms with Crippen LogP contribution in [0.25, 0.3) is 67.8 Å². The Morgan fingerprint density at radius 2 is 0.758 bits per heavy atom. The van der Waals surface area contributed by atoms with Crippen LogP contribution in [-0.4, -0.2) is 182 Å². The second-order valence-corrected chi connectivity index (χ2v) is 32.9. The number of hydrogen-bond donors (Lipinski definition) is 4. The van der Waals surface area contributed by atoms with Crippen molar-refractivity contribution in [2.24, 2.45) is 0 Å². The number of pyridine rings is 3. The molecule has 33 heteroatoms. The predicted molar refractivity (Wildman–Crippen MR) is 440 cm³/mol. The van der Waals surface area contributed by atoms with E-state index in [2.05, 4.69) is 56.4 Å². The smallest absolute Gasteiger partial charge is 0.410 e. The molecular weight excluding hydrogens is 1570 g/mol. The fourth-order valence-corrected chi connectivity index (χ4v) is 15.7. The number of benzene rings is 3. The lowest BCUT2D eigenvalue weighted by Crippen LogP contribution is -2.45. The highest BCUT2D eigenvalue weighted by Crippen LogP contribution is 2.46. The predicted octanol–water partition coefficient (Wildman–Crippen LogP) is 14.7. The number of nitrogens with zero attached hydrogens (tertiary/aromatic N) is 14. The topological polar surface area (TPSA) is 265 Å². The van der Waals surface area contributed by atoms with Crippen molar-refractivity contribution in [3.8, 4) is 68.1 Å². The molecule has 3 aliphatic carbocycles. The molecule has 6 fully saturated rings. The van der Waals surface area contributed by atoms with E-state index in [9.17, 15) is 32.3 Å². The summed E-state index contributed by atoms with van der Waals surface area (Å²) in [4.78, 5) is 67.5. The lowest BCUT2D eigenvalue weighted by atomic mass is 9.86. The van der Waals surface area contributed by atoms with Crippen molar-refractivity contribution in [3.05, 3.63) is 196 Å². The van der Waals surface area contributed by atoms with Gasteiger partial charge in [0.25, 0.3) is 17.7 Å². The molecule has 3 saturated heterocycles. The van der Waals surface area contributed by atoms with Crippen LogP contribution in [0.15, 0.2) is 129 Å². The summed E-state index contributed by atoms with van der Waals surface area (Å²) in [6, 6.07) is 14.3. The molecule has 3 saturated carbocycles. The Morgan fingerprint density at radius 1 is 0.450 bits per heavy atom. The Balaban J connectivity index is 0.000000140. The molecule has 12 heterocycles. The number of piperidine rings is 3. The van der Waals surface area contributed by atoms with Gasteiger partial charge in [-0.15, -0.1) is 12.4 Å². The van der Waals surface area contributed by atoms with Crippen molar-refractivity contribution in [3.63, 3.8) is 0 Å². The van der Waals surface area contributed by atoms with Gasteiger partial charge in [0.1, 0.15) is 74.2 Å². The number of rotatable bonds is 18. The van der Waals surface area contributed by atoms with Crippen molar-refractivity contribution < 1.29 is 64.5 Å². The zero-order valence-electron chi connectivity index (χ0n) is 68.3. The van der Waals surface area contributed by atoms with Gasteiger partial charge in [0.2, 0.25) is 0 Å². The number of aromatic nitrogens is 12. The first-order chi connectivity index (χ1) is 57.0. The monoisotopic (exact) mass is 1670 g/mol. The van der Waals surface area contributed by atoms with Gasteiger partial charge in [-0.25, -0.2) is 60.1 Å². The molecule has 3 aliphatic heterocycles. The largest absolute Gasteiger partial charge is 0.496 e. The number of carbonyl (C=O) groups excluding carboxylic acids is 4. The van der Waals surface area contributed by atoms with Crippen LogP contribution in [0.3, 0.4) is 0 Å². The highest BCUT2D eigenvalue weighted by Gasteiger charge is 2.43. The molecule has 4 N–H and O–H groups in total. The van der Waals surface area contributed by atoms with Gasteiger partial charge in [0, 0.05) is 146 Å². The summed E-state index contributed by atoms with van der Waals surface area (Å²) < 4.78 is 125. The van der Waals surface area contributed by atoms with Crippen molar-refractivity contribution in [1.82, 2.24) is 88.6 Å². The number of amides is 4. The van der Waals surface area contributed by atoms with E-state index < -0.39 is 63.9 Å². The molecule has 3 aromatic carbocycles. The van der Waals surface area contributed by atoms with Crippen LogP contribution in [0.4, 0.5) is 31.1 Å². The minimum Gasteiger partial charge on any atom is -0.496 e. The Kier molecular flexibility index (Phi) is 23.0. The van der Waals surface area contributed by atoms with Crippen molar-refractivity contribution >= 4 is 53.2 Å². The van der Waals surface area contributed by atoms with E-state index in [1.54, 1.807) is 187 Å². The minimum absolute atomic E-state index is 0. The van der Waals surface area contributed by atoms with Crippen LogP contribution in [0.5, 0.6) is 17.2 Å². The number of imidazole rings is 3. The molecule has 12 aromatic rings. The molecule has 6 aliphatic rings. The summed E-state index contributed by atoms with van der Waals surface area (Å²) in [6.07, 6.45) is 27.1. The SMILES string of the molecule is COc1cc2ncc(-n3cc(-c4cc(C(=O)NC5CC5)c(F)cc4C)cn3)n2cc1C1(F)CCN(C(=O)OC(C)(C)C)CC1.COc1cc2ncc(-n3cc(-c4cc(C(=O)NC5CC5)c(F)cc4C)cn3)n2cc1C1(F)CCN(C)CC1.COc1cc2ncc(-n3cc(-c4cc(C(=O)NC5CC5)c(F)cc4C)cn3)n2cc1C1(F)CCNCC1.Cl. The summed E-state index contributed by atoms with van der Waals surface area (Å²) in [6.45, 7) is 13.7. The number of methoxy groups -OCH3 is 3. The number of halogens is 7. The Hall–Kier alpha value is -11.8. The van der Waals surface area contributed by atoms with Crippen molar-refractivity contribution in [2.75, 3.05) is 67.6 Å². The number of fused-ring (bicyclic) bond motifs is 3. The highest BCUT2D eigenvalue weighted by molar-refractivity contribution is 5.98. The average molecular weight is 1670 g/mol. The van der Waals surface area contributed by atoms with Crippen LogP contribution in [0.1, 0.15) is 162 Å². The van der Waals surface area contributed by atoms with Crippen LogP contribution in [0.2, 0.25) is 0 Å². The fraction of sp³-hybridized carbons (Fsp3) is 0.402. The molecule has 9 aromatic heterocycles. The van der Waals surface area contributed by atoms with Crippen LogP contribution < -0.4 is 35.5 Å². The quantitative estimate of drug-likeness (QED) is 0.0582. The van der Waals surface area contributed by atoms with Gasteiger partial charge in [-0.1, -0.05) is 0 Å².